The van der Waals surface area contributed by atoms with Gasteiger partial charge < -0.3 is 15.2 Å². The van der Waals surface area contributed by atoms with Crippen molar-refractivity contribution in [2.24, 2.45) is 0 Å². The van der Waals surface area contributed by atoms with Gasteiger partial charge in [0.1, 0.15) is 5.82 Å². The molecule has 1 aliphatic rings. The van der Waals surface area contributed by atoms with E-state index >= 15 is 0 Å². The lowest BCUT2D eigenvalue weighted by molar-refractivity contribution is 0.251. The van der Waals surface area contributed by atoms with Gasteiger partial charge in [-0.2, -0.15) is 0 Å². The second-order valence-corrected chi connectivity index (χ2v) is 4.82. The maximum atomic E-state index is 13.4. The van der Waals surface area contributed by atoms with E-state index in [-0.39, 0.29) is 6.54 Å². The monoisotopic (exact) mass is 311 g/mol. The van der Waals surface area contributed by atoms with Crippen molar-refractivity contribution in [3.05, 3.63) is 41.2 Å². The minimum absolute atomic E-state index is 0.101. The van der Waals surface area contributed by atoms with Crippen molar-refractivity contribution >= 4 is 11.7 Å². The summed E-state index contributed by atoms with van der Waals surface area (Å²) in [5, 5.41) is 12.5. The number of carbonyl (C=O) groups excluding carboxylic acids is 1. The molecule has 3 rings (SSSR count). The van der Waals surface area contributed by atoms with E-state index in [9.17, 15) is 18.0 Å². The van der Waals surface area contributed by atoms with E-state index in [1.807, 2.05) is 4.57 Å². The molecule has 2 amide bonds. The van der Waals surface area contributed by atoms with Crippen molar-refractivity contribution in [3.63, 3.8) is 0 Å². The van der Waals surface area contributed by atoms with Gasteiger partial charge in [-0.05, 0) is 18.6 Å². The molecule has 0 bridgehead atoms. The fraction of sp³-hybridized carbons (Fsp3) is 0.308. The van der Waals surface area contributed by atoms with Crippen LogP contribution < -0.4 is 10.6 Å². The lowest BCUT2D eigenvalue weighted by Gasteiger charge is -2.09. The molecule has 2 heterocycles. The highest BCUT2D eigenvalue weighted by Crippen LogP contribution is 2.19. The van der Waals surface area contributed by atoms with E-state index in [1.165, 1.54) is 0 Å². The summed E-state index contributed by atoms with van der Waals surface area (Å²) in [7, 11) is 0. The number of nitrogens with zero attached hydrogens (tertiary/aromatic N) is 3. The number of halogens is 3. The maximum Gasteiger partial charge on any atom is 0.319 e. The topological polar surface area (TPSA) is 71.8 Å². The second-order valence-electron chi connectivity index (χ2n) is 4.82. The number of rotatable bonds is 3. The van der Waals surface area contributed by atoms with Gasteiger partial charge in [-0.25, -0.2) is 18.0 Å². The van der Waals surface area contributed by atoms with Crippen molar-refractivity contribution in [2.45, 2.75) is 25.9 Å². The van der Waals surface area contributed by atoms with Crippen molar-refractivity contribution in [2.75, 3.05) is 5.32 Å². The van der Waals surface area contributed by atoms with E-state index in [4.69, 9.17) is 0 Å². The number of hydrogen-bond acceptors (Lipinski definition) is 3. The Labute approximate surface area is 123 Å². The van der Waals surface area contributed by atoms with Gasteiger partial charge in [-0.3, -0.25) is 0 Å². The molecular weight excluding hydrogens is 299 g/mol. The van der Waals surface area contributed by atoms with Gasteiger partial charge in [0.25, 0.3) is 0 Å². The van der Waals surface area contributed by atoms with Crippen LogP contribution in [0.2, 0.25) is 0 Å². The zero-order chi connectivity index (χ0) is 15.7. The van der Waals surface area contributed by atoms with Crippen LogP contribution >= 0.6 is 0 Å². The fourth-order valence-corrected chi connectivity index (χ4v) is 2.29. The van der Waals surface area contributed by atoms with Crippen LogP contribution in [-0.4, -0.2) is 20.8 Å². The van der Waals surface area contributed by atoms with Crippen LogP contribution in [-0.2, 0) is 19.5 Å². The van der Waals surface area contributed by atoms with Crippen LogP contribution in [0, 0.1) is 17.5 Å². The Hall–Kier alpha value is -2.58. The van der Waals surface area contributed by atoms with Gasteiger partial charge in [0.2, 0.25) is 0 Å². The molecule has 0 fully saturated rings. The number of fused-ring (bicyclic) bond motifs is 1. The van der Waals surface area contributed by atoms with Crippen molar-refractivity contribution in [1.29, 1.82) is 0 Å². The SMILES string of the molecule is O=C(NCc1nnc2n1CCC2)Nc1ccc(F)c(F)c1F. The van der Waals surface area contributed by atoms with E-state index in [0.29, 0.717) is 5.82 Å². The quantitative estimate of drug-likeness (QED) is 0.851. The summed E-state index contributed by atoms with van der Waals surface area (Å²) in [4.78, 5) is 11.7. The molecule has 0 saturated carbocycles. The summed E-state index contributed by atoms with van der Waals surface area (Å²) < 4.78 is 41.2. The van der Waals surface area contributed by atoms with Gasteiger partial charge in [0, 0.05) is 13.0 Å². The molecule has 0 radical (unpaired) electrons. The Kier molecular flexibility index (Phi) is 3.70. The smallest absolute Gasteiger partial charge is 0.319 e. The largest absolute Gasteiger partial charge is 0.331 e. The minimum Gasteiger partial charge on any atom is -0.331 e. The average molecular weight is 311 g/mol. The van der Waals surface area contributed by atoms with Crippen LogP contribution in [0.5, 0.6) is 0 Å². The first-order valence-electron chi connectivity index (χ1n) is 6.65. The van der Waals surface area contributed by atoms with Crippen LogP contribution in [0.15, 0.2) is 12.1 Å². The van der Waals surface area contributed by atoms with Crippen molar-refractivity contribution in [1.82, 2.24) is 20.1 Å². The van der Waals surface area contributed by atoms with E-state index in [2.05, 4.69) is 20.8 Å². The molecule has 0 aliphatic carbocycles. The van der Waals surface area contributed by atoms with Gasteiger partial charge in [0.05, 0.1) is 12.2 Å². The minimum atomic E-state index is -1.63. The summed E-state index contributed by atoms with van der Waals surface area (Å²) in [5.41, 5.74) is -0.442. The number of nitrogens with one attached hydrogen (secondary N) is 2. The fourth-order valence-electron chi connectivity index (χ4n) is 2.29. The highest BCUT2D eigenvalue weighted by molar-refractivity contribution is 5.89. The highest BCUT2D eigenvalue weighted by Gasteiger charge is 2.18. The van der Waals surface area contributed by atoms with Crippen LogP contribution in [0.25, 0.3) is 0 Å². The van der Waals surface area contributed by atoms with Crippen molar-refractivity contribution in [3.8, 4) is 0 Å². The third-order valence-electron chi connectivity index (χ3n) is 3.38. The number of carbonyl (C=O) groups is 1. The molecule has 0 spiro atoms. The molecule has 22 heavy (non-hydrogen) atoms. The average Bonchev–Trinajstić information content (AvgIpc) is 3.09. The Bertz CT molecular complexity index is 731. The van der Waals surface area contributed by atoms with Gasteiger partial charge in [-0.1, -0.05) is 0 Å². The Morgan fingerprint density at radius 3 is 2.86 bits per heavy atom. The normalized spacial score (nSPS) is 13.0. The number of amides is 2. The molecule has 116 valence electrons. The number of aryl methyl sites for hydroxylation is 1. The lowest BCUT2D eigenvalue weighted by Crippen LogP contribution is -2.30. The molecule has 0 unspecified atom stereocenters. The second kappa shape index (κ2) is 5.66. The Morgan fingerprint density at radius 1 is 1.23 bits per heavy atom. The third kappa shape index (κ3) is 2.61. The molecule has 0 saturated heterocycles. The molecule has 9 heteroatoms. The zero-order valence-corrected chi connectivity index (χ0v) is 11.4. The first-order valence-corrected chi connectivity index (χ1v) is 6.65. The number of aromatic nitrogens is 3. The van der Waals surface area contributed by atoms with Crippen LogP contribution in [0.4, 0.5) is 23.7 Å². The van der Waals surface area contributed by atoms with Gasteiger partial charge in [0.15, 0.2) is 23.3 Å². The predicted octanol–water partition coefficient (Wildman–Crippen LogP) is 1.96. The zero-order valence-electron chi connectivity index (χ0n) is 11.4. The summed E-state index contributed by atoms with van der Waals surface area (Å²) in [6.45, 7) is 0.892. The molecule has 6 nitrogen and oxygen atoms in total. The number of hydrogen-bond donors (Lipinski definition) is 2. The molecular formula is C13H12F3N5O. The van der Waals surface area contributed by atoms with E-state index in [1.54, 1.807) is 0 Å². The Balaban J connectivity index is 1.62. The van der Waals surface area contributed by atoms with Gasteiger partial charge >= 0.3 is 6.03 Å². The summed E-state index contributed by atoms with van der Waals surface area (Å²) in [6.07, 6.45) is 1.82. The van der Waals surface area contributed by atoms with E-state index < -0.39 is 29.2 Å². The van der Waals surface area contributed by atoms with Gasteiger partial charge in [-0.15, -0.1) is 10.2 Å². The standard InChI is InChI=1S/C13H12F3N5O/c14-7-3-4-8(12(16)11(7)15)18-13(22)17-6-10-20-19-9-2-1-5-21(9)10/h3-4H,1-2,5-6H2,(H2,17,18,22). The maximum absolute atomic E-state index is 13.4. The number of benzene rings is 1. The van der Waals surface area contributed by atoms with E-state index in [0.717, 1.165) is 37.3 Å². The number of urea groups is 1. The Morgan fingerprint density at radius 2 is 2.05 bits per heavy atom. The molecule has 1 aromatic heterocycles. The highest BCUT2D eigenvalue weighted by atomic mass is 19.2. The first kappa shape index (κ1) is 14.4. The summed E-state index contributed by atoms with van der Waals surface area (Å²) >= 11 is 0. The molecule has 1 aliphatic heterocycles. The number of anilines is 1. The van der Waals surface area contributed by atoms with Crippen LogP contribution in [0.1, 0.15) is 18.1 Å². The molecule has 2 N–H and O–H groups in total. The summed E-state index contributed by atoms with van der Waals surface area (Å²) in [5.74, 6) is -2.94. The van der Waals surface area contributed by atoms with Crippen LogP contribution in [0.3, 0.4) is 0 Å². The first-order chi connectivity index (χ1) is 10.6. The molecule has 2 aromatic rings. The summed E-state index contributed by atoms with van der Waals surface area (Å²) in [6, 6.07) is 0.932. The molecule has 0 atom stereocenters. The predicted molar refractivity (Wildman–Crippen MR) is 70.5 cm³/mol. The van der Waals surface area contributed by atoms with Crippen molar-refractivity contribution < 1.29 is 18.0 Å². The molecule has 1 aromatic carbocycles. The third-order valence-corrected chi connectivity index (χ3v) is 3.38. The lowest BCUT2D eigenvalue weighted by atomic mass is 10.3.